The van der Waals surface area contributed by atoms with E-state index in [-0.39, 0.29) is 24.2 Å². The fourth-order valence-electron chi connectivity index (χ4n) is 3.81. The summed E-state index contributed by atoms with van der Waals surface area (Å²) in [5.74, 6) is 0.0943. The molecule has 27 heavy (non-hydrogen) atoms. The van der Waals surface area contributed by atoms with Gasteiger partial charge >= 0.3 is 0 Å². The number of rotatable bonds is 4. The first-order chi connectivity index (χ1) is 12.4. The van der Waals surface area contributed by atoms with E-state index in [9.17, 15) is 13.2 Å². The van der Waals surface area contributed by atoms with Crippen LogP contribution >= 0.6 is 12.4 Å². The Bertz CT molecular complexity index is 586. The summed E-state index contributed by atoms with van der Waals surface area (Å²) in [5, 5.41) is 0. The quantitative estimate of drug-likeness (QED) is 0.607. The molecular formula is C16H32ClN5O4S. The zero-order chi connectivity index (χ0) is 18.7. The average molecular weight is 426 g/mol. The number of likely N-dealkylation sites (N-methyl/N-ethyl adjacent to an activating group) is 1. The van der Waals surface area contributed by atoms with Crippen LogP contribution < -0.4 is 5.73 Å². The zero-order valence-electron chi connectivity index (χ0n) is 16.0. The number of hydrogen-bond donors (Lipinski definition) is 1. The molecule has 3 heterocycles. The Hall–Kier alpha value is -0.490. The average Bonchev–Trinajstić information content (AvgIpc) is 2.68. The maximum atomic E-state index is 12.8. The Balaban J connectivity index is 0.00000261. The van der Waals surface area contributed by atoms with Crippen molar-refractivity contribution in [1.29, 1.82) is 0 Å². The van der Waals surface area contributed by atoms with Crippen LogP contribution in [-0.4, -0.2) is 111 Å². The van der Waals surface area contributed by atoms with Crippen molar-refractivity contribution >= 4 is 28.5 Å². The number of piperazine rings is 2. The summed E-state index contributed by atoms with van der Waals surface area (Å²) in [5.41, 5.74) is 6.18. The number of nitrogens with zero attached hydrogens (tertiary/aromatic N) is 4. The second-order valence-corrected chi connectivity index (χ2v) is 9.34. The van der Waals surface area contributed by atoms with Crippen molar-refractivity contribution in [2.24, 2.45) is 11.7 Å². The third kappa shape index (κ3) is 5.31. The van der Waals surface area contributed by atoms with Gasteiger partial charge in [-0.1, -0.05) is 0 Å². The van der Waals surface area contributed by atoms with E-state index < -0.39 is 16.3 Å². The Labute approximate surface area is 168 Å². The number of ether oxygens (including phenoxy) is 1. The Kier molecular flexibility index (Phi) is 8.29. The fraction of sp³-hybridized carbons (Fsp3) is 0.938. The molecule has 11 heteroatoms. The SMILES string of the molecule is CN1CCN(S(=O)(=O)N2CCN(C(=O)C(N)C3CCOCC3)CC2)CC1.Cl. The third-order valence-corrected chi connectivity index (χ3v) is 7.76. The summed E-state index contributed by atoms with van der Waals surface area (Å²) < 4.78 is 34.0. The van der Waals surface area contributed by atoms with E-state index in [1.165, 1.54) is 4.31 Å². The molecule has 0 bridgehead atoms. The lowest BCUT2D eigenvalue weighted by molar-refractivity contribution is -0.135. The minimum Gasteiger partial charge on any atom is -0.381 e. The molecule has 0 spiro atoms. The summed E-state index contributed by atoms with van der Waals surface area (Å²) >= 11 is 0. The van der Waals surface area contributed by atoms with Crippen LogP contribution in [-0.2, 0) is 19.7 Å². The van der Waals surface area contributed by atoms with Crippen LogP contribution in [0.1, 0.15) is 12.8 Å². The second-order valence-electron chi connectivity index (χ2n) is 7.41. The molecule has 0 aromatic carbocycles. The molecule has 3 aliphatic rings. The normalized spacial score (nSPS) is 25.8. The molecule has 0 radical (unpaired) electrons. The number of hydrogen-bond acceptors (Lipinski definition) is 6. The number of carbonyl (C=O) groups excluding carboxylic acids is 1. The highest BCUT2D eigenvalue weighted by Crippen LogP contribution is 2.20. The van der Waals surface area contributed by atoms with Gasteiger partial charge < -0.3 is 20.3 Å². The van der Waals surface area contributed by atoms with Gasteiger partial charge in [-0.2, -0.15) is 17.0 Å². The molecule has 3 saturated heterocycles. The number of nitrogens with two attached hydrogens (primary N) is 1. The summed E-state index contributed by atoms with van der Waals surface area (Å²) in [4.78, 5) is 16.5. The smallest absolute Gasteiger partial charge is 0.282 e. The topological polar surface area (TPSA) is 99.4 Å². The first-order valence-corrected chi connectivity index (χ1v) is 10.8. The predicted molar refractivity (Wildman–Crippen MR) is 105 cm³/mol. The van der Waals surface area contributed by atoms with E-state index in [1.54, 1.807) is 9.21 Å². The fourth-order valence-corrected chi connectivity index (χ4v) is 5.38. The predicted octanol–water partition coefficient (Wildman–Crippen LogP) is -1.20. The molecular weight excluding hydrogens is 394 g/mol. The van der Waals surface area contributed by atoms with Crippen molar-refractivity contribution in [1.82, 2.24) is 18.4 Å². The molecule has 3 aliphatic heterocycles. The van der Waals surface area contributed by atoms with Crippen LogP contribution in [0.3, 0.4) is 0 Å². The van der Waals surface area contributed by atoms with Gasteiger partial charge in [0, 0.05) is 65.6 Å². The van der Waals surface area contributed by atoms with E-state index in [1.807, 2.05) is 7.05 Å². The van der Waals surface area contributed by atoms with Gasteiger partial charge in [0.2, 0.25) is 5.91 Å². The minimum atomic E-state index is -3.44. The van der Waals surface area contributed by atoms with E-state index in [0.29, 0.717) is 52.5 Å². The van der Waals surface area contributed by atoms with Crippen LogP contribution in [0.15, 0.2) is 0 Å². The van der Waals surface area contributed by atoms with E-state index >= 15 is 0 Å². The van der Waals surface area contributed by atoms with Crippen LogP contribution in [0, 0.1) is 5.92 Å². The lowest BCUT2D eigenvalue weighted by Gasteiger charge is -2.40. The second kappa shape index (κ2) is 9.82. The van der Waals surface area contributed by atoms with Gasteiger partial charge in [-0.25, -0.2) is 0 Å². The first-order valence-electron chi connectivity index (χ1n) is 9.45. The van der Waals surface area contributed by atoms with Crippen LogP contribution in [0.25, 0.3) is 0 Å². The molecule has 0 aromatic rings. The van der Waals surface area contributed by atoms with Crippen LogP contribution in [0.2, 0.25) is 0 Å². The molecule has 3 fully saturated rings. The molecule has 1 atom stereocenters. The lowest BCUT2D eigenvalue weighted by atomic mass is 9.91. The maximum Gasteiger partial charge on any atom is 0.282 e. The van der Waals surface area contributed by atoms with Gasteiger partial charge in [0.25, 0.3) is 10.2 Å². The molecule has 0 saturated carbocycles. The van der Waals surface area contributed by atoms with Crippen molar-refractivity contribution in [3.8, 4) is 0 Å². The summed E-state index contributed by atoms with van der Waals surface area (Å²) in [6, 6.07) is -0.514. The highest BCUT2D eigenvalue weighted by molar-refractivity contribution is 7.86. The maximum absolute atomic E-state index is 12.8. The van der Waals surface area contributed by atoms with Gasteiger partial charge in [0.15, 0.2) is 0 Å². The molecule has 0 aromatic heterocycles. The van der Waals surface area contributed by atoms with Crippen molar-refractivity contribution < 1.29 is 17.9 Å². The molecule has 1 unspecified atom stereocenters. The largest absolute Gasteiger partial charge is 0.381 e. The van der Waals surface area contributed by atoms with Crippen LogP contribution in [0.5, 0.6) is 0 Å². The summed E-state index contributed by atoms with van der Waals surface area (Å²) in [7, 11) is -1.45. The Morgan fingerprint density at radius 2 is 1.44 bits per heavy atom. The van der Waals surface area contributed by atoms with Crippen molar-refractivity contribution in [3.05, 3.63) is 0 Å². The van der Waals surface area contributed by atoms with Gasteiger partial charge in [-0.05, 0) is 25.8 Å². The van der Waals surface area contributed by atoms with Gasteiger partial charge in [0.1, 0.15) is 0 Å². The first kappa shape index (κ1) is 22.8. The van der Waals surface area contributed by atoms with Crippen molar-refractivity contribution in [3.63, 3.8) is 0 Å². The van der Waals surface area contributed by atoms with Crippen molar-refractivity contribution in [2.45, 2.75) is 18.9 Å². The molecule has 9 nitrogen and oxygen atoms in total. The highest BCUT2D eigenvalue weighted by atomic mass is 35.5. The monoisotopic (exact) mass is 425 g/mol. The molecule has 0 aliphatic carbocycles. The summed E-state index contributed by atoms with van der Waals surface area (Å²) in [6.45, 7) is 5.33. The molecule has 158 valence electrons. The molecule has 3 rings (SSSR count). The lowest BCUT2D eigenvalue weighted by Crippen LogP contribution is -2.59. The highest BCUT2D eigenvalue weighted by Gasteiger charge is 2.36. The molecule has 2 N–H and O–H groups in total. The minimum absolute atomic E-state index is 0. The number of halogens is 1. The van der Waals surface area contributed by atoms with Crippen LogP contribution in [0.4, 0.5) is 0 Å². The third-order valence-electron chi connectivity index (χ3n) is 5.72. The standard InChI is InChI=1S/C16H31N5O4S.ClH/c1-18-4-8-20(9-5-18)26(23,24)21-10-6-19(7-11-21)16(22)15(17)14-2-12-25-13-3-14;/h14-15H,2-13,17H2,1H3;1H. The summed E-state index contributed by atoms with van der Waals surface area (Å²) in [6.07, 6.45) is 1.62. The van der Waals surface area contributed by atoms with E-state index in [2.05, 4.69) is 4.90 Å². The van der Waals surface area contributed by atoms with Gasteiger partial charge in [-0.15, -0.1) is 12.4 Å². The van der Waals surface area contributed by atoms with E-state index in [4.69, 9.17) is 10.5 Å². The zero-order valence-corrected chi connectivity index (χ0v) is 17.6. The number of carbonyl (C=O) groups is 1. The number of amides is 1. The van der Waals surface area contributed by atoms with E-state index in [0.717, 1.165) is 25.9 Å². The van der Waals surface area contributed by atoms with Crippen molar-refractivity contribution in [2.75, 3.05) is 72.6 Å². The van der Waals surface area contributed by atoms with Gasteiger partial charge in [0.05, 0.1) is 6.04 Å². The molecule has 1 amide bonds. The Morgan fingerprint density at radius 3 is 1.96 bits per heavy atom. The van der Waals surface area contributed by atoms with Gasteiger partial charge in [-0.3, -0.25) is 4.79 Å². The Morgan fingerprint density at radius 1 is 0.963 bits per heavy atom.